The predicted octanol–water partition coefficient (Wildman–Crippen LogP) is 2.54. The number of nitrogens with zero attached hydrogens (tertiary/aromatic N) is 3. The molecular formula is C23H20N4O3. The highest BCUT2D eigenvalue weighted by atomic mass is 16.5. The zero-order chi connectivity index (χ0) is 20.7. The molecular weight excluding hydrogens is 380 g/mol. The van der Waals surface area contributed by atoms with Gasteiger partial charge in [-0.15, -0.1) is 0 Å². The number of nitrogens with one attached hydrogen (secondary N) is 1. The van der Waals surface area contributed by atoms with Crippen LogP contribution >= 0.6 is 0 Å². The molecule has 7 nitrogen and oxygen atoms in total. The Labute approximate surface area is 173 Å². The van der Waals surface area contributed by atoms with Crippen molar-refractivity contribution in [2.24, 2.45) is 11.3 Å². The summed E-state index contributed by atoms with van der Waals surface area (Å²) >= 11 is 0. The Morgan fingerprint density at radius 1 is 1.23 bits per heavy atom. The zero-order valence-electron chi connectivity index (χ0n) is 16.6. The third kappa shape index (κ3) is 1.99. The van der Waals surface area contributed by atoms with Crippen LogP contribution < -0.4 is 10.2 Å². The van der Waals surface area contributed by atoms with E-state index >= 15 is 0 Å². The van der Waals surface area contributed by atoms with Gasteiger partial charge in [0.1, 0.15) is 17.1 Å². The molecule has 4 atom stereocenters. The van der Waals surface area contributed by atoms with Crippen LogP contribution in [0.1, 0.15) is 40.2 Å². The fourth-order valence-corrected chi connectivity index (χ4v) is 5.56. The van der Waals surface area contributed by atoms with Crippen LogP contribution in [0, 0.1) is 11.3 Å². The second-order valence-corrected chi connectivity index (χ2v) is 8.62. The summed E-state index contributed by atoms with van der Waals surface area (Å²) in [6.07, 6.45) is 2.25. The van der Waals surface area contributed by atoms with Crippen molar-refractivity contribution in [1.29, 1.82) is 0 Å². The molecule has 2 fully saturated rings. The predicted molar refractivity (Wildman–Crippen MR) is 108 cm³/mol. The first-order valence-electron chi connectivity index (χ1n) is 10.0. The Bertz CT molecular complexity index is 1210. The number of hydrogen-bond donors (Lipinski definition) is 1. The molecule has 7 rings (SSSR count). The number of hydrogen-bond acceptors (Lipinski definition) is 5. The highest BCUT2D eigenvalue weighted by molar-refractivity contribution is 6.11. The molecule has 0 spiro atoms. The van der Waals surface area contributed by atoms with E-state index in [1.807, 2.05) is 42.5 Å². The summed E-state index contributed by atoms with van der Waals surface area (Å²) in [5.74, 6) is 1.11. The van der Waals surface area contributed by atoms with E-state index in [0.717, 1.165) is 11.1 Å². The van der Waals surface area contributed by atoms with Crippen LogP contribution in [0.2, 0.25) is 0 Å². The second-order valence-electron chi connectivity index (χ2n) is 8.62. The van der Waals surface area contributed by atoms with Crippen molar-refractivity contribution in [3.8, 4) is 0 Å². The lowest BCUT2D eigenvalue weighted by Crippen LogP contribution is -2.56. The molecule has 4 aliphatic rings. The standard InChI is InChI=1S/C23H20N4O3/c1-22-17-15-9-6-10-24-19(15)27(2)21(29)23(22,18(17)22)25-20(28)16-12-14(30-26-16)11-13-7-4-3-5-8-13/h3-10,12,17-18H,11H2,1-2H3,(H,25,28)/t17-,18+,22+,23+/m0/s1. The molecule has 30 heavy (non-hydrogen) atoms. The van der Waals surface area contributed by atoms with Gasteiger partial charge in [0.05, 0.1) is 0 Å². The van der Waals surface area contributed by atoms with Gasteiger partial charge in [0.25, 0.3) is 11.8 Å². The lowest BCUT2D eigenvalue weighted by molar-refractivity contribution is -0.123. The lowest BCUT2D eigenvalue weighted by atomic mass is 9.86. The molecule has 0 unspecified atom stereocenters. The number of carbonyl (C=O) groups excluding carboxylic acids is 2. The SMILES string of the molecule is CN1C(=O)[C@]2(NC(=O)c3cc(Cc4ccccc4)on3)[C@@H]3[C@H](c4cccnc41)[C@]32C. The van der Waals surface area contributed by atoms with E-state index in [1.54, 1.807) is 24.2 Å². The largest absolute Gasteiger partial charge is 0.360 e. The molecule has 1 aromatic carbocycles. The van der Waals surface area contributed by atoms with E-state index in [0.29, 0.717) is 18.0 Å². The number of aromatic nitrogens is 2. The van der Waals surface area contributed by atoms with Crippen LogP contribution in [0.3, 0.4) is 0 Å². The molecule has 4 heterocycles. The minimum atomic E-state index is -0.900. The first-order chi connectivity index (χ1) is 14.5. The molecule has 2 amide bonds. The molecule has 0 radical (unpaired) electrons. The monoisotopic (exact) mass is 400 g/mol. The Hall–Kier alpha value is -3.48. The molecule has 150 valence electrons. The summed E-state index contributed by atoms with van der Waals surface area (Å²) in [5.41, 5.74) is 1.16. The Morgan fingerprint density at radius 2 is 2.00 bits per heavy atom. The number of rotatable bonds is 4. The number of carbonyl (C=O) groups is 2. The van der Waals surface area contributed by atoms with Crippen molar-refractivity contribution in [2.75, 3.05) is 11.9 Å². The fraction of sp³-hybridized carbons (Fsp3) is 0.304. The van der Waals surface area contributed by atoms with Crippen LogP contribution in [-0.4, -0.2) is 34.5 Å². The zero-order valence-corrected chi connectivity index (χ0v) is 16.6. The van der Waals surface area contributed by atoms with Crippen LogP contribution in [-0.2, 0) is 11.2 Å². The molecule has 2 saturated carbocycles. The van der Waals surface area contributed by atoms with Gasteiger partial charge >= 0.3 is 0 Å². The smallest absolute Gasteiger partial charge is 0.274 e. The van der Waals surface area contributed by atoms with Crippen molar-refractivity contribution in [3.05, 3.63) is 77.3 Å². The molecule has 2 aromatic heterocycles. The van der Waals surface area contributed by atoms with Crippen LogP contribution in [0.25, 0.3) is 0 Å². The van der Waals surface area contributed by atoms with Crippen LogP contribution in [0.5, 0.6) is 0 Å². The third-order valence-electron chi connectivity index (χ3n) is 7.18. The van der Waals surface area contributed by atoms with E-state index in [1.165, 1.54) is 0 Å². The highest BCUT2D eigenvalue weighted by Gasteiger charge is 2.98. The van der Waals surface area contributed by atoms with Crippen molar-refractivity contribution < 1.29 is 14.1 Å². The first-order valence-corrected chi connectivity index (χ1v) is 10.0. The number of fused-ring (bicyclic) bond motifs is 1. The van der Waals surface area contributed by atoms with Crippen LogP contribution in [0.4, 0.5) is 5.82 Å². The lowest BCUT2D eigenvalue weighted by Gasteiger charge is -2.28. The average molecular weight is 400 g/mol. The first kappa shape index (κ1) is 17.4. The van der Waals surface area contributed by atoms with Gasteiger partial charge in [-0.1, -0.05) is 48.5 Å². The number of amides is 2. The quantitative estimate of drug-likeness (QED) is 0.727. The molecule has 3 aromatic rings. The number of benzene rings is 1. The Morgan fingerprint density at radius 3 is 2.77 bits per heavy atom. The van der Waals surface area contributed by atoms with Gasteiger partial charge in [0, 0.05) is 43.0 Å². The second kappa shape index (κ2) is 5.56. The normalized spacial score (nSPS) is 30.2. The van der Waals surface area contributed by atoms with Gasteiger partial charge in [-0.25, -0.2) is 4.98 Å². The molecule has 1 N–H and O–H groups in total. The van der Waals surface area contributed by atoms with E-state index in [-0.39, 0.29) is 34.8 Å². The van der Waals surface area contributed by atoms with E-state index in [2.05, 4.69) is 22.4 Å². The molecule has 7 heteroatoms. The molecule has 0 saturated heterocycles. The van der Waals surface area contributed by atoms with E-state index in [9.17, 15) is 9.59 Å². The maximum atomic E-state index is 13.3. The van der Waals surface area contributed by atoms with Gasteiger partial charge in [-0.2, -0.15) is 0 Å². The average Bonchev–Trinajstić information content (AvgIpc) is 3.45. The van der Waals surface area contributed by atoms with Crippen molar-refractivity contribution in [3.63, 3.8) is 0 Å². The summed E-state index contributed by atoms with van der Waals surface area (Å²) in [4.78, 5) is 32.3. The van der Waals surface area contributed by atoms with Crippen LogP contribution in [0.15, 0.2) is 59.3 Å². The summed E-state index contributed by atoms with van der Waals surface area (Å²) in [6.45, 7) is 2.07. The van der Waals surface area contributed by atoms with E-state index in [4.69, 9.17) is 4.52 Å². The maximum absolute atomic E-state index is 13.3. The van der Waals surface area contributed by atoms with Gasteiger partial charge in [0.15, 0.2) is 5.69 Å². The summed E-state index contributed by atoms with van der Waals surface area (Å²) in [7, 11) is 1.72. The Kier molecular flexibility index (Phi) is 3.22. The number of likely N-dealkylation sites (N-methyl/N-ethyl adjacent to an activating group) is 1. The van der Waals surface area contributed by atoms with E-state index < -0.39 is 5.54 Å². The summed E-state index contributed by atoms with van der Waals surface area (Å²) in [5, 5.41) is 6.95. The third-order valence-corrected chi connectivity index (χ3v) is 7.18. The Balaban J connectivity index is 1.25. The summed E-state index contributed by atoms with van der Waals surface area (Å²) < 4.78 is 5.36. The molecule has 2 aliphatic carbocycles. The van der Waals surface area contributed by atoms with Crippen molar-refractivity contribution in [2.45, 2.75) is 24.8 Å². The highest BCUT2D eigenvalue weighted by Crippen LogP contribution is 2.91. The van der Waals surface area contributed by atoms with Gasteiger partial charge in [-0.05, 0) is 17.2 Å². The topological polar surface area (TPSA) is 88.3 Å². The fourth-order valence-electron chi connectivity index (χ4n) is 5.56. The number of anilines is 1. The minimum Gasteiger partial charge on any atom is -0.360 e. The number of pyridine rings is 1. The van der Waals surface area contributed by atoms with Gasteiger partial charge in [0.2, 0.25) is 0 Å². The minimum absolute atomic E-state index is 0.0880. The molecule has 2 aliphatic heterocycles. The summed E-state index contributed by atoms with van der Waals surface area (Å²) in [6, 6.07) is 15.4. The molecule has 2 bridgehead atoms. The van der Waals surface area contributed by atoms with Gasteiger partial charge < -0.3 is 9.84 Å². The van der Waals surface area contributed by atoms with Gasteiger partial charge in [-0.3, -0.25) is 14.5 Å². The maximum Gasteiger partial charge on any atom is 0.274 e. The van der Waals surface area contributed by atoms with Crippen molar-refractivity contribution >= 4 is 17.6 Å². The van der Waals surface area contributed by atoms with Crippen molar-refractivity contribution in [1.82, 2.24) is 15.5 Å².